The minimum atomic E-state index is -2.77. The van der Waals surface area contributed by atoms with Gasteiger partial charge in [-0.3, -0.25) is 9.97 Å². The molecule has 1 aliphatic rings. The van der Waals surface area contributed by atoms with Gasteiger partial charge < -0.3 is 34.3 Å². The fraction of sp³-hybridized carbons (Fsp3) is 0.355. The van der Waals surface area contributed by atoms with Crippen LogP contribution in [0.4, 0.5) is 29.0 Å². The van der Waals surface area contributed by atoms with Crippen LogP contribution in [0.3, 0.4) is 0 Å². The zero-order chi connectivity index (χ0) is 32.6. The molecule has 5 heterocycles. The number of hydrogen-bond acceptors (Lipinski definition) is 12. The van der Waals surface area contributed by atoms with Crippen molar-refractivity contribution in [2.24, 2.45) is 7.05 Å². The van der Waals surface area contributed by atoms with Crippen molar-refractivity contribution in [3.63, 3.8) is 0 Å². The molecule has 0 atom stereocenters. The van der Waals surface area contributed by atoms with Crippen LogP contribution in [0.15, 0.2) is 53.8 Å². The van der Waals surface area contributed by atoms with Crippen molar-refractivity contribution >= 4 is 68.4 Å². The molecule has 1 aromatic carbocycles. The second kappa shape index (κ2) is 12.9. The molecule has 0 aliphatic carbocycles. The molecule has 15 heteroatoms. The summed E-state index contributed by atoms with van der Waals surface area (Å²) in [6, 6.07) is 6.22. The number of ether oxygens (including phenoxy) is 1. The van der Waals surface area contributed by atoms with E-state index < -0.39 is 7.14 Å². The number of hydrogen-bond donors (Lipinski definition) is 2. The van der Waals surface area contributed by atoms with Crippen LogP contribution in [-0.2, 0) is 11.6 Å². The molecule has 46 heavy (non-hydrogen) atoms. The quantitative estimate of drug-likeness (QED) is 0.194. The first kappa shape index (κ1) is 31.8. The molecule has 0 amide bonds. The van der Waals surface area contributed by atoms with Crippen molar-refractivity contribution in [2.45, 2.75) is 18.9 Å². The molecule has 0 unspecified atom stereocenters. The van der Waals surface area contributed by atoms with E-state index >= 15 is 0 Å². The molecule has 6 rings (SSSR count). The lowest BCUT2D eigenvalue weighted by Gasteiger charge is -2.36. The molecule has 240 valence electrons. The van der Waals surface area contributed by atoms with Crippen LogP contribution in [-0.4, -0.2) is 93.0 Å². The maximum atomic E-state index is 13.4. The number of rotatable bonds is 9. The van der Waals surface area contributed by atoms with Gasteiger partial charge in [-0.15, -0.1) is 0 Å². The Morgan fingerprint density at radius 1 is 1.02 bits per heavy atom. The van der Waals surface area contributed by atoms with Gasteiger partial charge in [0, 0.05) is 56.5 Å². The molecule has 0 bridgehead atoms. The zero-order valence-electron chi connectivity index (χ0n) is 26.7. The summed E-state index contributed by atoms with van der Waals surface area (Å²) in [7, 11) is 5.05. The summed E-state index contributed by atoms with van der Waals surface area (Å²) in [6.07, 6.45) is 10.7. The van der Waals surface area contributed by atoms with Crippen LogP contribution in [0.5, 0.6) is 5.88 Å². The number of benzene rings is 1. The smallest absolute Gasteiger partial charge is 0.239 e. The lowest BCUT2D eigenvalue weighted by atomic mass is 10.0. The summed E-state index contributed by atoms with van der Waals surface area (Å²) in [5.74, 6) is 2.04. The molecule has 4 aromatic heterocycles. The number of halogens is 1. The van der Waals surface area contributed by atoms with Gasteiger partial charge in [-0.2, -0.15) is 9.97 Å². The first-order valence-electron chi connectivity index (χ1n) is 14.9. The second-order valence-corrected chi connectivity index (χ2v) is 15.9. The van der Waals surface area contributed by atoms with Gasteiger partial charge in [-0.05, 0) is 74.4 Å². The standard InChI is InChI=1S/C31H37BrN11O2P/c1-41(2)19-9-13-43(14-10-19)29-20(25-17-42(3)18-36-25)15-24(30(40-29)45-4)38-31-35-16-21(32)28(39-31)37-23-8-7-22-26(34-12-11-33-22)27(23)46(5,6)44/h7-8,11-12,15-19H,9-10,13-14H2,1-6H3,(H2,35,37,38,39). The van der Waals surface area contributed by atoms with Crippen molar-refractivity contribution in [1.29, 1.82) is 0 Å². The minimum Gasteiger partial charge on any atom is -0.479 e. The third-order valence-corrected chi connectivity index (χ3v) is 10.1. The first-order chi connectivity index (χ1) is 22.0. The highest BCUT2D eigenvalue weighted by molar-refractivity contribution is 9.10. The Morgan fingerprint density at radius 3 is 2.46 bits per heavy atom. The number of fused-ring (bicyclic) bond motifs is 1. The molecule has 0 saturated carbocycles. The van der Waals surface area contributed by atoms with Crippen LogP contribution in [0.1, 0.15) is 12.8 Å². The maximum absolute atomic E-state index is 13.4. The van der Waals surface area contributed by atoms with Crippen molar-refractivity contribution in [2.75, 3.05) is 63.2 Å². The Balaban J connectivity index is 1.36. The number of anilines is 5. The molecule has 0 radical (unpaired) electrons. The average Bonchev–Trinajstić information content (AvgIpc) is 3.47. The Morgan fingerprint density at radius 2 is 1.78 bits per heavy atom. The van der Waals surface area contributed by atoms with Crippen molar-refractivity contribution < 1.29 is 9.30 Å². The fourth-order valence-electron chi connectivity index (χ4n) is 5.74. The summed E-state index contributed by atoms with van der Waals surface area (Å²) < 4.78 is 21.8. The molecule has 0 spiro atoms. The Labute approximate surface area is 276 Å². The van der Waals surface area contributed by atoms with Gasteiger partial charge in [0.15, 0.2) is 0 Å². The van der Waals surface area contributed by atoms with Gasteiger partial charge in [-0.25, -0.2) is 9.97 Å². The first-order valence-corrected chi connectivity index (χ1v) is 18.3. The number of imidazole rings is 1. The summed E-state index contributed by atoms with van der Waals surface area (Å²) in [5, 5.41) is 7.27. The van der Waals surface area contributed by atoms with Gasteiger partial charge >= 0.3 is 0 Å². The summed E-state index contributed by atoms with van der Waals surface area (Å²) >= 11 is 3.57. The van der Waals surface area contributed by atoms with Crippen LogP contribution >= 0.6 is 23.1 Å². The lowest BCUT2D eigenvalue weighted by molar-refractivity contribution is 0.249. The summed E-state index contributed by atoms with van der Waals surface area (Å²) in [5.41, 5.74) is 4.17. The lowest BCUT2D eigenvalue weighted by Crippen LogP contribution is -2.42. The van der Waals surface area contributed by atoms with E-state index in [0.29, 0.717) is 55.9 Å². The molecular formula is C31H37BrN11O2P. The number of methoxy groups -OCH3 is 1. The predicted molar refractivity (Wildman–Crippen MR) is 187 cm³/mol. The maximum Gasteiger partial charge on any atom is 0.239 e. The van der Waals surface area contributed by atoms with Crippen LogP contribution < -0.4 is 25.6 Å². The van der Waals surface area contributed by atoms with E-state index in [9.17, 15) is 4.57 Å². The van der Waals surface area contributed by atoms with E-state index in [1.807, 2.05) is 36.0 Å². The Hall–Kier alpha value is -4.13. The Kier molecular flexibility index (Phi) is 8.95. The number of nitrogens with zero attached hydrogens (tertiary/aromatic N) is 9. The van der Waals surface area contributed by atoms with E-state index in [1.54, 1.807) is 45.4 Å². The van der Waals surface area contributed by atoms with Crippen molar-refractivity contribution in [3.8, 4) is 17.1 Å². The SMILES string of the molecule is COc1nc(N2CCC(N(C)C)CC2)c(-c2cn(C)cn2)cc1Nc1ncc(Br)c(Nc2ccc3nccnc3c2P(C)(C)=O)n1. The van der Waals surface area contributed by atoms with E-state index in [-0.39, 0.29) is 0 Å². The van der Waals surface area contributed by atoms with Crippen LogP contribution in [0.2, 0.25) is 0 Å². The van der Waals surface area contributed by atoms with E-state index in [2.05, 4.69) is 70.4 Å². The van der Waals surface area contributed by atoms with E-state index in [0.717, 1.165) is 43.0 Å². The number of piperidine rings is 1. The van der Waals surface area contributed by atoms with Crippen molar-refractivity contribution in [3.05, 3.63) is 53.8 Å². The number of aryl methyl sites for hydroxylation is 1. The average molecular weight is 707 g/mol. The van der Waals surface area contributed by atoms with Gasteiger partial charge in [0.1, 0.15) is 30.0 Å². The molecule has 1 fully saturated rings. The highest BCUT2D eigenvalue weighted by atomic mass is 79.9. The highest BCUT2D eigenvalue weighted by Gasteiger charge is 2.27. The molecular weight excluding hydrogens is 669 g/mol. The summed E-state index contributed by atoms with van der Waals surface area (Å²) in [6.45, 7) is 5.19. The van der Waals surface area contributed by atoms with Gasteiger partial charge in [0.25, 0.3) is 0 Å². The normalized spacial score (nSPS) is 14.2. The van der Waals surface area contributed by atoms with Gasteiger partial charge in [0.05, 0.1) is 40.1 Å². The third kappa shape index (κ3) is 6.55. The Bertz CT molecular complexity index is 1940. The largest absolute Gasteiger partial charge is 0.479 e. The molecule has 2 N–H and O–H groups in total. The number of aromatic nitrogens is 7. The van der Waals surface area contributed by atoms with Crippen LogP contribution in [0.25, 0.3) is 22.3 Å². The van der Waals surface area contributed by atoms with E-state index in [4.69, 9.17) is 14.7 Å². The highest BCUT2D eigenvalue weighted by Crippen LogP contribution is 2.42. The molecule has 1 saturated heterocycles. The van der Waals surface area contributed by atoms with E-state index in [1.165, 1.54) is 0 Å². The molecule has 1 aliphatic heterocycles. The predicted octanol–water partition coefficient (Wildman–Crippen LogP) is 5.25. The molecule has 5 aromatic rings. The minimum absolute atomic E-state index is 0.315. The summed E-state index contributed by atoms with van der Waals surface area (Å²) in [4.78, 5) is 32.4. The number of pyridine rings is 1. The number of nitrogens with one attached hydrogen (secondary N) is 2. The van der Waals surface area contributed by atoms with Crippen LogP contribution in [0, 0.1) is 0 Å². The van der Waals surface area contributed by atoms with Gasteiger partial charge in [0.2, 0.25) is 11.8 Å². The topological polar surface area (TPSA) is 139 Å². The monoisotopic (exact) mass is 705 g/mol. The van der Waals surface area contributed by atoms with Gasteiger partial charge in [-0.1, -0.05) is 0 Å². The fourth-order valence-corrected chi connectivity index (χ4v) is 7.42. The second-order valence-electron chi connectivity index (χ2n) is 11.9. The third-order valence-electron chi connectivity index (χ3n) is 8.03. The zero-order valence-corrected chi connectivity index (χ0v) is 29.2. The van der Waals surface area contributed by atoms with Crippen molar-refractivity contribution in [1.82, 2.24) is 39.4 Å². The molecule has 13 nitrogen and oxygen atoms in total.